The predicted molar refractivity (Wildman–Crippen MR) is 122 cm³/mol. The fraction of sp³-hybridized carbons (Fsp3) is 0.304. The lowest BCUT2D eigenvalue weighted by Crippen LogP contribution is -2.70. The average Bonchev–Trinajstić information content (AvgIpc) is 3.52. The van der Waals surface area contributed by atoms with E-state index >= 15 is 0 Å². The molecule has 0 spiro atoms. The minimum absolute atomic E-state index is 0.275. The molecule has 0 aliphatic heterocycles. The first kappa shape index (κ1) is 21.2. The molecular formula is C23H25FN8O. The van der Waals surface area contributed by atoms with Crippen molar-refractivity contribution in [3.8, 4) is 17.1 Å². The molecule has 0 saturated heterocycles. The van der Waals surface area contributed by atoms with Crippen molar-refractivity contribution in [1.29, 1.82) is 0 Å². The minimum Gasteiger partial charge on any atom is -0.630 e. The van der Waals surface area contributed by atoms with Crippen molar-refractivity contribution in [2.24, 2.45) is 5.92 Å². The van der Waals surface area contributed by atoms with E-state index in [4.69, 9.17) is 5.10 Å². The third-order valence-corrected chi connectivity index (χ3v) is 6.02. The number of hydrogen-bond acceptors (Lipinski definition) is 6. The van der Waals surface area contributed by atoms with Crippen LogP contribution in [0, 0.1) is 37.7 Å². The van der Waals surface area contributed by atoms with E-state index in [-0.39, 0.29) is 5.82 Å². The molecule has 3 N–H and O–H groups in total. The molecule has 9 nitrogen and oxygen atoms in total. The summed E-state index contributed by atoms with van der Waals surface area (Å²) in [7, 11) is 0. The molecule has 1 aliphatic rings. The summed E-state index contributed by atoms with van der Waals surface area (Å²) >= 11 is 0. The van der Waals surface area contributed by atoms with Gasteiger partial charge in [-0.1, -0.05) is 0 Å². The lowest BCUT2D eigenvalue weighted by Gasteiger charge is -2.11. The van der Waals surface area contributed by atoms with Gasteiger partial charge in [0.25, 0.3) is 0 Å². The first-order chi connectivity index (χ1) is 15.9. The second kappa shape index (κ2) is 8.38. The molecule has 1 aliphatic carbocycles. The molecule has 0 atom stereocenters. The number of hydrogen-bond donors (Lipinski definition) is 2. The molecule has 3 aromatic heterocycles. The van der Waals surface area contributed by atoms with Crippen molar-refractivity contribution >= 4 is 17.3 Å². The van der Waals surface area contributed by atoms with Gasteiger partial charge in [-0.2, -0.15) is 10.2 Å². The maximum Gasteiger partial charge on any atom is 0.174 e. The summed E-state index contributed by atoms with van der Waals surface area (Å²) in [5, 5.41) is 24.1. The third-order valence-electron chi connectivity index (χ3n) is 6.02. The molecule has 0 unspecified atom stereocenters. The Morgan fingerprint density at radius 2 is 1.88 bits per heavy atom. The number of quaternary nitrogens is 1. The number of rotatable bonds is 7. The van der Waals surface area contributed by atoms with E-state index in [9.17, 15) is 9.60 Å². The highest BCUT2D eigenvalue weighted by Crippen LogP contribution is 2.35. The van der Waals surface area contributed by atoms with Gasteiger partial charge in [-0.25, -0.2) is 23.7 Å². The van der Waals surface area contributed by atoms with Crippen LogP contribution >= 0.6 is 0 Å². The minimum atomic E-state index is -0.275. The van der Waals surface area contributed by atoms with Crippen molar-refractivity contribution < 1.29 is 9.87 Å². The van der Waals surface area contributed by atoms with Gasteiger partial charge in [0.1, 0.15) is 35.2 Å². The van der Waals surface area contributed by atoms with Gasteiger partial charge in [0, 0.05) is 23.7 Å². The highest BCUT2D eigenvalue weighted by molar-refractivity contribution is 5.71. The number of benzene rings is 1. The summed E-state index contributed by atoms with van der Waals surface area (Å²) in [5.74, 6) is 2.33. The van der Waals surface area contributed by atoms with Crippen LogP contribution in [0.3, 0.4) is 0 Å². The average molecular weight is 449 g/mol. The summed E-state index contributed by atoms with van der Waals surface area (Å²) in [4.78, 5) is 8.73. The Kier molecular flexibility index (Phi) is 5.39. The highest BCUT2D eigenvalue weighted by atomic mass is 19.1. The summed E-state index contributed by atoms with van der Waals surface area (Å²) in [6.45, 7) is 6.44. The van der Waals surface area contributed by atoms with Crippen LogP contribution in [0.1, 0.15) is 29.8 Å². The Labute approximate surface area is 190 Å². The van der Waals surface area contributed by atoms with E-state index in [2.05, 4.69) is 20.4 Å². The quantitative estimate of drug-likeness (QED) is 0.419. The second-order valence-electron chi connectivity index (χ2n) is 8.46. The van der Waals surface area contributed by atoms with Gasteiger partial charge in [-0.05, 0) is 63.8 Å². The Hall–Kier alpha value is -3.63. The van der Waals surface area contributed by atoms with Crippen molar-refractivity contribution in [3.05, 3.63) is 64.6 Å². The van der Waals surface area contributed by atoms with E-state index in [1.54, 1.807) is 29.8 Å². The molecule has 10 heteroatoms. The largest absolute Gasteiger partial charge is 0.630 e. The first-order valence-corrected chi connectivity index (χ1v) is 10.9. The molecule has 0 bridgehead atoms. The Morgan fingerprint density at radius 1 is 1.12 bits per heavy atom. The summed E-state index contributed by atoms with van der Waals surface area (Å²) in [6, 6.07) is 8.17. The molecule has 0 amide bonds. The van der Waals surface area contributed by atoms with Gasteiger partial charge in [-0.15, -0.1) is 0 Å². The summed E-state index contributed by atoms with van der Waals surface area (Å²) in [6.07, 6.45) is 3.85. The number of nitrogens with zero attached hydrogens (tertiary/aromatic N) is 6. The predicted octanol–water partition coefficient (Wildman–Crippen LogP) is 3.44. The van der Waals surface area contributed by atoms with E-state index < -0.39 is 0 Å². The number of anilines is 2. The fourth-order valence-corrected chi connectivity index (χ4v) is 3.97. The van der Waals surface area contributed by atoms with Crippen LogP contribution in [-0.4, -0.2) is 29.5 Å². The molecule has 33 heavy (non-hydrogen) atoms. The van der Waals surface area contributed by atoms with Gasteiger partial charge in [0.2, 0.25) is 0 Å². The van der Waals surface area contributed by atoms with Crippen LogP contribution in [0.4, 0.5) is 21.7 Å². The van der Waals surface area contributed by atoms with E-state index in [1.165, 1.54) is 31.3 Å². The molecule has 1 saturated carbocycles. The van der Waals surface area contributed by atoms with Crippen molar-refractivity contribution in [2.45, 2.75) is 40.2 Å². The molecule has 5 rings (SSSR count). The molecule has 1 fully saturated rings. The summed E-state index contributed by atoms with van der Waals surface area (Å²) in [5.41, 5.74) is 5.37. The molecule has 4 aromatic rings. The van der Waals surface area contributed by atoms with E-state index in [0.29, 0.717) is 28.9 Å². The number of nitrogens with one attached hydrogen (secondary N) is 1. The lowest BCUT2D eigenvalue weighted by atomic mass is 10.1. The number of nitrogens with two attached hydrogens (primary N) is 1. The molecule has 0 radical (unpaired) electrons. The van der Waals surface area contributed by atoms with Crippen LogP contribution in [0.15, 0.2) is 36.7 Å². The molecule has 170 valence electrons. The molecular weight excluding hydrogens is 423 g/mol. The van der Waals surface area contributed by atoms with E-state index in [1.807, 2.05) is 18.5 Å². The lowest BCUT2D eigenvalue weighted by molar-refractivity contribution is -0.498. The Bertz CT molecular complexity index is 1310. The Balaban J connectivity index is 1.51. The fourth-order valence-electron chi connectivity index (χ4n) is 3.97. The zero-order chi connectivity index (χ0) is 23.1. The van der Waals surface area contributed by atoms with Gasteiger partial charge in [0.15, 0.2) is 11.5 Å². The standard InChI is InChI=1S/C23H25FN8O/c1-13-21(17-6-8-18(24)9-7-17)29-31(11-16-4-5-16)23(13)27-19-10-20(26-12-25-19)32-15(3)22(30-33)14(2)28-32/h6-10,12,16H,4-5,11,30H2,1-3H3,(H,25,26,27). The van der Waals surface area contributed by atoms with Crippen molar-refractivity contribution in [2.75, 3.05) is 5.32 Å². The van der Waals surface area contributed by atoms with Crippen LogP contribution < -0.4 is 10.8 Å². The zero-order valence-corrected chi connectivity index (χ0v) is 18.7. The SMILES string of the molecule is Cc1nn(-c2cc(Nc3c(C)c(-c4ccc(F)cc4)nn3CC3CC3)ncn2)c(C)c1[NH2+][O-]. The maximum absolute atomic E-state index is 13.4. The Morgan fingerprint density at radius 3 is 2.55 bits per heavy atom. The van der Waals surface area contributed by atoms with Gasteiger partial charge in [0.05, 0.1) is 5.69 Å². The van der Waals surface area contributed by atoms with Crippen molar-refractivity contribution in [3.63, 3.8) is 0 Å². The number of halogens is 1. The highest BCUT2D eigenvalue weighted by Gasteiger charge is 2.26. The summed E-state index contributed by atoms with van der Waals surface area (Å²) < 4.78 is 17.0. The van der Waals surface area contributed by atoms with Gasteiger partial charge in [-0.3, -0.25) is 0 Å². The van der Waals surface area contributed by atoms with Crippen LogP contribution in [0.5, 0.6) is 0 Å². The third kappa shape index (κ3) is 4.10. The maximum atomic E-state index is 13.4. The second-order valence-corrected chi connectivity index (χ2v) is 8.46. The zero-order valence-electron chi connectivity index (χ0n) is 18.7. The number of aryl methyl sites for hydroxylation is 1. The monoisotopic (exact) mass is 448 g/mol. The van der Waals surface area contributed by atoms with Crippen LogP contribution in [0.2, 0.25) is 0 Å². The molecule has 3 heterocycles. The first-order valence-electron chi connectivity index (χ1n) is 10.9. The van der Waals surface area contributed by atoms with Gasteiger partial charge >= 0.3 is 0 Å². The van der Waals surface area contributed by atoms with E-state index in [0.717, 1.165) is 40.4 Å². The smallest absolute Gasteiger partial charge is 0.174 e. The van der Waals surface area contributed by atoms with Crippen LogP contribution in [-0.2, 0) is 6.54 Å². The van der Waals surface area contributed by atoms with Gasteiger partial charge < -0.3 is 16.0 Å². The molecule has 1 aromatic carbocycles. The number of aromatic nitrogens is 6. The normalized spacial score (nSPS) is 13.5. The van der Waals surface area contributed by atoms with Crippen LogP contribution in [0.25, 0.3) is 17.1 Å². The topological polar surface area (TPSA) is 113 Å². The van der Waals surface area contributed by atoms with Crippen molar-refractivity contribution in [1.82, 2.24) is 29.5 Å².